The van der Waals surface area contributed by atoms with Gasteiger partial charge in [0.05, 0.1) is 28.0 Å². The van der Waals surface area contributed by atoms with Crippen LogP contribution in [-0.4, -0.2) is 19.8 Å². The van der Waals surface area contributed by atoms with Gasteiger partial charge in [-0.2, -0.15) is 0 Å². The van der Waals surface area contributed by atoms with Gasteiger partial charge in [-0.1, -0.05) is 11.2 Å². The number of nitrogens with one attached hydrogen (secondary N) is 1. The minimum Gasteiger partial charge on any atom is -0.396 e. The lowest BCUT2D eigenvalue weighted by Crippen LogP contribution is -2.12. The number of sulfone groups is 1. The van der Waals surface area contributed by atoms with E-state index in [-0.39, 0.29) is 16.6 Å². The van der Waals surface area contributed by atoms with Gasteiger partial charge in [0.2, 0.25) is 0 Å². The highest BCUT2D eigenvalue weighted by atomic mass is 32.2. The van der Waals surface area contributed by atoms with Crippen LogP contribution in [0.4, 0.5) is 11.4 Å². The van der Waals surface area contributed by atoms with Crippen LogP contribution in [-0.2, 0) is 9.84 Å². The van der Waals surface area contributed by atoms with Crippen molar-refractivity contribution in [2.45, 2.75) is 31.7 Å². The van der Waals surface area contributed by atoms with Crippen molar-refractivity contribution in [2.24, 2.45) is 0 Å². The highest BCUT2D eigenvalue weighted by molar-refractivity contribution is 7.90. The molecular formula is C14H19N3O3S. The first-order valence-corrected chi connectivity index (χ1v) is 8.38. The van der Waals surface area contributed by atoms with Crippen LogP contribution in [0, 0.1) is 13.8 Å². The lowest BCUT2D eigenvalue weighted by molar-refractivity contribution is 0.392. The summed E-state index contributed by atoms with van der Waals surface area (Å²) in [5.74, 6) is 0.727. The summed E-state index contributed by atoms with van der Waals surface area (Å²) in [6.07, 6.45) is 1.14. The summed E-state index contributed by atoms with van der Waals surface area (Å²) in [6.45, 7) is 5.64. The molecule has 0 amide bonds. The number of rotatable bonds is 4. The molecule has 0 bridgehead atoms. The molecule has 7 heteroatoms. The summed E-state index contributed by atoms with van der Waals surface area (Å²) >= 11 is 0. The molecule has 0 saturated carbocycles. The van der Waals surface area contributed by atoms with Crippen LogP contribution in [0.5, 0.6) is 0 Å². The maximum absolute atomic E-state index is 11.7. The summed E-state index contributed by atoms with van der Waals surface area (Å²) < 4.78 is 28.5. The van der Waals surface area contributed by atoms with Crippen LogP contribution in [0.2, 0.25) is 0 Å². The zero-order valence-electron chi connectivity index (χ0n) is 12.5. The Morgan fingerprint density at radius 3 is 2.52 bits per heavy atom. The molecule has 1 atom stereocenters. The number of nitrogens with two attached hydrogens (primary N) is 1. The van der Waals surface area contributed by atoms with E-state index in [0.29, 0.717) is 5.69 Å². The van der Waals surface area contributed by atoms with Gasteiger partial charge < -0.3 is 15.6 Å². The third kappa shape index (κ3) is 3.02. The summed E-state index contributed by atoms with van der Waals surface area (Å²) in [5, 5.41) is 7.13. The van der Waals surface area contributed by atoms with Crippen molar-refractivity contribution in [1.82, 2.24) is 5.16 Å². The molecule has 0 spiro atoms. The predicted molar refractivity (Wildman–Crippen MR) is 82.0 cm³/mol. The maximum Gasteiger partial charge on any atom is 0.177 e. The van der Waals surface area contributed by atoms with E-state index in [1.165, 1.54) is 6.07 Å². The third-order valence-electron chi connectivity index (χ3n) is 3.36. The number of para-hydroxylation sites is 1. The van der Waals surface area contributed by atoms with Gasteiger partial charge in [0.15, 0.2) is 9.84 Å². The van der Waals surface area contributed by atoms with E-state index in [9.17, 15) is 8.42 Å². The Bertz CT molecular complexity index is 746. The minimum atomic E-state index is -3.36. The molecule has 1 heterocycles. The van der Waals surface area contributed by atoms with E-state index < -0.39 is 9.84 Å². The van der Waals surface area contributed by atoms with Crippen LogP contribution < -0.4 is 11.1 Å². The second-order valence-corrected chi connectivity index (χ2v) is 7.08. The zero-order valence-corrected chi connectivity index (χ0v) is 13.3. The van der Waals surface area contributed by atoms with Crippen molar-refractivity contribution in [3.63, 3.8) is 0 Å². The topological polar surface area (TPSA) is 98.2 Å². The summed E-state index contributed by atoms with van der Waals surface area (Å²) in [7, 11) is -3.36. The van der Waals surface area contributed by atoms with Gasteiger partial charge in [-0.3, -0.25) is 0 Å². The molecule has 114 valence electrons. The second kappa shape index (κ2) is 5.40. The van der Waals surface area contributed by atoms with E-state index in [1.54, 1.807) is 12.1 Å². The summed E-state index contributed by atoms with van der Waals surface area (Å²) in [5.41, 5.74) is 8.50. The average Bonchev–Trinajstić information content (AvgIpc) is 2.70. The zero-order chi connectivity index (χ0) is 15.8. The fourth-order valence-electron chi connectivity index (χ4n) is 2.41. The lowest BCUT2D eigenvalue weighted by Gasteiger charge is -2.18. The normalized spacial score (nSPS) is 13.1. The van der Waals surface area contributed by atoms with Crippen molar-refractivity contribution < 1.29 is 12.9 Å². The molecule has 0 aliphatic carbocycles. The molecule has 0 aliphatic heterocycles. The summed E-state index contributed by atoms with van der Waals surface area (Å²) in [6, 6.07) is 4.80. The monoisotopic (exact) mass is 309 g/mol. The van der Waals surface area contributed by atoms with E-state index in [1.807, 2.05) is 20.8 Å². The molecule has 2 aromatic rings. The second-order valence-electron chi connectivity index (χ2n) is 5.09. The van der Waals surface area contributed by atoms with Gasteiger partial charge in [-0.05, 0) is 32.9 Å². The van der Waals surface area contributed by atoms with Crippen LogP contribution in [0.25, 0.3) is 0 Å². The lowest BCUT2D eigenvalue weighted by atomic mass is 10.1. The number of hydrogen-bond acceptors (Lipinski definition) is 6. The molecular weight excluding hydrogens is 290 g/mol. The van der Waals surface area contributed by atoms with Crippen molar-refractivity contribution in [2.75, 3.05) is 17.3 Å². The highest BCUT2D eigenvalue weighted by Crippen LogP contribution is 2.31. The quantitative estimate of drug-likeness (QED) is 0.842. The molecule has 6 nitrogen and oxygen atoms in total. The third-order valence-corrected chi connectivity index (χ3v) is 4.51. The van der Waals surface area contributed by atoms with Crippen molar-refractivity contribution in [3.05, 3.63) is 35.2 Å². The Morgan fingerprint density at radius 1 is 1.33 bits per heavy atom. The standard InChI is InChI=1S/C14H19N3O3S/c1-8(13-9(2)17-20-10(13)3)16-11-6-5-7-12(14(11)15)21(4,18)19/h5-8,16H,15H2,1-4H3. The van der Waals surface area contributed by atoms with Gasteiger partial charge in [-0.15, -0.1) is 0 Å². The molecule has 2 rings (SSSR count). The van der Waals surface area contributed by atoms with Gasteiger partial charge in [0, 0.05) is 11.8 Å². The summed E-state index contributed by atoms with van der Waals surface area (Å²) in [4.78, 5) is 0.124. The van der Waals surface area contributed by atoms with E-state index in [4.69, 9.17) is 10.3 Å². The SMILES string of the molecule is Cc1noc(C)c1C(C)Nc1cccc(S(C)(=O)=O)c1N. The Balaban J connectivity index is 2.37. The molecule has 0 radical (unpaired) electrons. The smallest absolute Gasteiger partial charge is 0.177 e. The molecule has 0 aliphatic rings. The number of nitrogen functional groups attached to an aromatic ring is 1. The molecule has 1 aromatic carbocycles. The van der Waals surface area contributed by atoms with Crippen LogP contribution in [0.1, 0.15) is 30.0 Å². The van der Waals surface area contributed by atoms with E-state index in [0.717, 1.165) is 23.3 Å². The van der Waals surface area contributed by atoms with Crippen LogP contribution >= 0.6 is 0 Å². The molecule has 3 N–H and O–H groups in total. The molecule has 1 unspecified atom stereocenters. The van der Waals surface area contributed by atoms with Crippen molar-refractivity contribution in [3.8, 4) is 0 Å². The fraction of sp³-hybridized carbons (Fsp3) is 0.357. The Morgan fingerprint density at radius 2 is 2.00 bits per heavy atom. The Labute approximate surface area is 124 Å². The molecule has 21 heavy (non-hydrogen) atoms. The first kappa shape index (κ1) is 15.4. The largest absolute Gasteiger partial charge is 0.396 e. The Kier molecular flexibility index (Phi) is 3.95. The molecule has 0 saturated heterocycles. The number of hydrogen-bond donors (Lipinski definition) is 2. The van der Waals surface area contributed by atoms with Gasteiger partial charge in [0.1, 0.15) is 5.76 Å². The van der Waals surface area contributed by atoms with Crippen molar-refractivity contribution in [1.29, 1.82) is 0 Å². The fourth-order valence-corrected chi connectivity index (χ4v) is 3.24. The van der Waals surface area contributed by atoms with E-state index >= 15 is 0 Å². The minimum absolute atomic E-state index is 0.103. The Hall–Kier alpha value is -2.02. The first-order chi connectivity index (χ1) is 9.71. The molecule has 0 fully saturated rings. The van der Waals surface area contributed by atoms with Crippen LogP contribution in [0.15, 0.2) is 27.6 Å². The number of benzene rings is 1. The number of nitrogens with zero attached hydrogens (tertiary/aromatic N) is 1. The van der Waals surface area contributed by atoms with Gasteiger partial charge in [0.25, 0.3) is 0 Å². The highest BCUT2D eigenvalue weighted by Gasteiger charge is 2.19. The molecule has 1 aromatic heterocycles. The first-order valence-electron chi connectivity index (χ1n) is 6.49. The maximum atomic E-state index is 11.7. The van der Waals surface area contributed by atoms with Crippen LogP contribution in [0.3, 0.4) is 0 Å². The van der Waals surface area contributed by atoms with E-state index in [2.05, 4.69) is 10.5 Å². The van der Waals surface area contributed by atoms with Gasteiger partial charge >= 0.3 is 0 Å². The number of aryl methyl sites for hydroxylation is 2. The van der Waals surface area contributed by atoms with Gasteiger partial charge in [-0.25, -0.2) is 8.42 Å². The number of anilines is 2. The predicted octanol–water partition coefficient (Wildman–Crippen LogP) is 2.45. The number of aromatic nitrogens is 1. The average molecular weight is 309 g/mol. The van der Waals surface area contributed by atoms with Crippen molar-refractivity contribution >= 4 is 21.2 Å².